The predicted molar refractivity (Wildman–Crippen MR) is 113 cm³/mol. The van der Waals surface area contributed by atoms with Crippen LogP contribution in [0.5, 0.6) is 5.88 Å². The highest BCUT2D eigenvalue weighted by molar-refractivity contribution is 7.17. The summed E-state index contributed by atoms with van der Waals surface area (Å²) >= 11 is 1.48. The number of hydrogen-bond acceptors (Lipinski definition) is 6. The third-order valence-corrected chi connectivity index (χ3v) is 6.88. The molecule has 1 aliphatic heterocycles. The van der Waals surface area contributed by atoms with Crippen molar-refractivity contribution in [2.75, 3.05) is 13.1 Å². The summed E-state index contributed by atoms with van der Waals surface area (Å²) in [7, 11) is 0. The van der Waals surface area contributed by atoms with Crippen LogP contribution in [0.4, 0.5) is 0 Å². The van der Waals surface area contributed by atoms with Gasteiger partial charge in [0, 0.05) is 12.3 Å². The number of benzene rings is 1. The second kappa shape index (κ2) is 8.12. The van der Waals surface area contributed by atoms with Crippen LogP contribution in [0.2, 0.25) is 0 Å². The zero-order chi connectivity index (χ0) is 20.5. The molecular formula is C21H27N5O2S. The van der Waals surface area contributed by atoms with Crippen LogP contribution >= 0.6 is 11.3 Å². The van der Waals surface area contributed by atoms with Crippen molar-refractivity contribution in [3.63, 3.8) is 0 Å². The van der Waals surface area contributed by atoms with Crippen molar-refractivity contribution in [1.82, 2.24) is 19.5 Å². The van der Waals surface area contributed by atoms with Crippen LogP contribution in [0, 0.1) is 5.92 Å². The van der Waals surface area contributed by atoms with Crippen molar-refractivity contribution in [1.29, 1.82) is 0 Å². The molecule has 0 bridgehead atoms. The number of likely N-dealkylation sites (tertiary alicyclic amines) is 1. The number of carbonyl (C=O) groups excluding carboxylic acids is 1. The molecule has 1 amide bonds. The maximum Gasteiger partial charge on any atom is 0.230 e. The maximum atomic E-state index is 11.6. The van der Waals surface area contributed by atoms with Crippen molar-refractivity contribution in [3.8, 4) is 5.88 Å². The van der Waals surface area contributed by atoms with E-state index in [2.05, 4.69) is 46.2 Å². The lowest BCUT2D eigenvalue weighted by Crippen LogP contribution is -2.40. The zero-order valence-corrected chi connectivity index (χ0v) is 17.7. The van der Waals surface area contributed by atoms with Crippen LogP contribution < -0.4 is 5.73 Å². The standard InChI is InChI=1S/C21H27N5O2S/c1-3-13-5-7-14(8-6-13)17(25-11-9-15(10-12-25)19(22)27)18-20(28)26-21(29-18)23-16(4-2)24-26/h5-8,15,17,28H,3-4,9-12H2,1-2H3,(H2,22,27)/t17-/m1/s1. The first kappa shape index (κ1) is 19.8. The van der Waals surface area contributed by atoms with Gasteiger partial charge in [0.25, 0.3) is 0 Å². The number of aryl methyl sites for hydroxylation is 2. The number of fused-ring (bicyclic) bond motifs is 1. The van der Waals surface area contributed by atoms with E-state index in [1.165, 1.54) is 16.9 Å². The first-order valence-electron chi connectivity index (χ1n) is 10.2. The Kier molecular flexibility index (Phi) is 5.56. The minimum absolute atomic E-state index is 0.0719. The van der Waals surface area contributed by atoms with Crippen molar-refractivity contribution >= 4 is 22.2 Å². The van der Waals surface area contributed by atoms with Gasteiger partial charge in [-0.05, 0) is 43.5 Å². The van der Waals surface area contributed by atoms with Crippen molar-refractivity contribution in [2.24, 2.45) is 11.7 Å². The van der Waals surface area contributed by atoms with E-state index in [9.17, 15) is 9.90 Å². The Labute approximate surface area is 174 Å². The number of amides is 1. The predicted octanol–water partition coefficient (Wildman–Crippen LogP) is 2.91. The second-order valence-electron chi connectivity index (χ2n) is 7.58. The van der Waals surface area contributed by atoms with Gasteiger partial charge >= 0.3 is 0 Å². The SMILES string of the molecule is CCc1ccc([C@H](c2sc3nc(CC)nn3c2O)N2CCC(C(N)=O)CC2)cc1. The normalized spacial score (nSPS) is 17.0. The average molecular weight is 414 g/mol. The summed E-state index contributed by atoms with van der Waals surface area (Å²) in [5, 5.41) is 15.4. The highest BCUT2D eigenvalue weighted by atomic mass is 32.1. The molecule has 3 aromatic rings. The Balaban J connectivity index is 1.73. The molecule has 0 saturated carbocycles. The largest absolute Gasteiger partial charge is 0.492 e. The average Bonchev–Trinajstić information content (AvgIpc) is 3.28. The Morgan fingerprint density at radius 1 is 1.24 bits per heavy atom. The lowest BCUT2D eigenvalue weighted by molar-refractivity contribution is -0.123. The number of aromatic nitrogens is 3. The quantitative estimate of drug-likeness (QED) is 0.648. The van der Waals surface area contributed by atoms with Gasteiger partial charge in [-0.25, -0.2) is 4.98 Å². The molecular weight excluding hydrogens is 386 g/mol. The minimum atomic E-state index is -0.220. The molecule has 3 heterocycles. The number of aromatic hydroxyl groups is 1. The molecule has 4 rings (SSSR count). The van der Waals surface area contributed by atoms with E-state index in [1.54, 1.807) is 4.52 Å². The molecule has 1 fully saturated rings. The fourth-order valence-electron chi connectivity index (χ4n) is 4.02. The summed E-state index contributed by atoms with van der Waals surface area (Å²) in [5.41, 5.74) is 7.91. The molecule has 1 aromatic carbocycles. The molecule has 3 N–H and O–H groups in total. The van der Waals surface area contributed by atoms with E-state index in [1.807, 2.05) is 6.92 Å². The van der Waals surface area contributed by atoms with Gasteiger partial charge in [-0.15, -0.1) is 5.10 Å². The lowest BCUT2D eigenvalue weighted by Gasteiger charge is -2.36. The van der Waals surface area contributed by atoms with Gasteiger partial charge in [-0.1, -0.05) is 49.4 Å². The lowest BCUT2D eigenvalue weighted by atomic mass is 9.93. The Morgan fingerprint density at radius 3 is 2.48 bits per heavy atom. The number of thiazole rings is 1. The van der Waals surface area contributed by atoms with Crippen LogP contribution in [0.3, 0.4) is 0 Å². The summed E-state index contributed by atoms with van der Waals surface area (Å²) in [6, 6.07) is 8.45. The topological polar surface area (TPSA) is 96.8 Å². The molecule has 1 aliphatic rings. The van der Waals surface area contributed by atoms with Gasteiger partial charge in [0.05, 0.1) is 10.9 Å². The number of nitrogens with zero attached hydrogens (tertiary/aromatic N) is 4. The van der Waals surface area contributed by atoms with Crippen molar-refractivity contribution in [2.45, 2.75) is 45.6 Å². The van der Waals surface area contributed by atoms with Gasteiger partial charge in [-0.3, -0.25) is 9.69 Å². The monoisotopic (exact) mass is 413 g/mol. The van der Waals surface area contributed by atoms with Gasteiger partial charge in [-0.2, -0.15) is 4.52 Å². The summed E-state index contributed by atoms with van der Waals surface area (Å²) in [4.78, 5) is 20.0. The number of primary amides is 1. The van der Waals surface area contributed by atoms with Crippen LogP contribution in [-0.2, 0) is 17.6 Å². The Morgan fingerprint density at radius 2 is 1.93 bits per heavy atom. The molecule has 154 valence electrons. The highest BCUT2D eigenvalue weighted by Crippen LogP contribution is 2.41. The summed E-state index contributed by atoms with van der Waals surface area (Å²) in [6.07, 6.45) is 3.18. The summed E-state index contributed by atoms with van der Waals surface area (Å²) < 4.78 is 1.54. The number of hydrogen-bond donors (Lipinski definition) is 2. The van der Waals surface area contributed by atoms with E-state index in [4.69, 9.17) is 5.73 Å². The Hall–Kier alpha value is -2.45. The maximum absolute atomic E-state index is 11.6. The fraction of sp³-hybridized carbons (Fsp3) is 0.476. The van der Waals surface area contributed by atoms with Gasteiger partial charge < -0.3 is 10.8 Å². The number of carbonyl (C=O) groups is 1. The van der Waals surface area contributed by atoms with Gasteiger partial charge in [0.1, 0.15) is 0 Å². The molecule has 2 aromatic heterocycles. The Bertz CT molecular complexity index is 1000. The van der Waals surface area contributed by atoms with Crippen LogP contribution in [0.15, 0.2) is 24.3 Å². The van der Waals surface area contributed by atoms with Crippen LogP contribution in [0.25, 0.3) is 4.96 Å². The fourth-order valence-corrected chi connectivity index (χ4v) is 5.16. The summed E-state index contributed by atoms with van der Waals surface area (Å²) in [5.74, 6) is 0.586. The minimum Gasteiger partial charge on any atom is -0.492 e. The van der Waals surface area contributed by atoms with E-state index >= 15 is 0 Å². The molecule has 0 aliphatic carbocycles. The first-order chi connectivity index (χ1) is 14.0. The summed E-state index contributed by atoms with van der Waals surface area (Å²) in [6.45, 7) is 5.64. The van der Waals surface area contributed by atoms with Gasteiger partial charge in [0.2, 0.25) is 16.7 Å². The first-order valence-corrected chi connectivity index (χ1v) is 11.0. The molecule has 8 heteroatoms. The molecule has 7 nitrogen and oxygen atoms in total. The molecule has 1 atom stereocenters. The molecule has 29 heavy (non-hydrogen) atoms. The van der Waals surface area contributed by atoms with Crippen molar-refractivity contribution in [3.05, 3.63) is 46.1 Å². The van der Waals surface area contributed by atoms with Gasteiger partial charge in [0.15, 0.2) is 5.82 Å². The van der Waals surface area contributed by atoms with Crippen LogP contribution in [0.1, 0.15) is 54.6 Å². The molecule has 0 radical (unpaired) electrons. The molecule has 0 spiro atoms. The molecule has 1 saturated heterocycles. The smallest absolute Gasteiger partial charge is 0.230 e. The third-order valence-electron chi connectivity index (χ3n) is 5.81. The zero-order valence-electron chi connectivity index (χ0n) is 16.8. The van der Waals surface area contributed by atoms with Crippen LogP contribution in [-0.4, -0.2) is 43.6 Å². The van der Waals surface area contributed by atoms with E-state index in [0.29, 0.717) is 4.96 Å². The van der Waals surface area contributed by atoms with E-state index in [-0.39, 0.29) is 23.7 Å². The second-order valence-corrected chi connectivity index (χ2v) is 8.59. The highest BCUT2D eigenvalue weighted by Gasteiger charge is 2.33. The van der Waals surface area contributed by atoms with E-state index < -0.39 is 0 Å². The van der Waals surface area contributed by atoms with Crippen molar-refractivity contribution < 1.29 is 9.90 Å². The third kappa shape index (κ3) is 3.74. The number of rotatable bonds is 6. The number of nitrogens with two attached hydrogens (primary N) is 1. The van der Waals surface area contributed by atoms with E-state index in [0.717, 1.165) is 55.0 Å². The molecule has 0 unspecified atom stereocenters. The number of piperidine rings is 1.